The number of anilines is 3. The lowest BCUT2D eigenvalue weighted by atomic mass is 10.1. The lowest BCUT2D eigenvalue weighted by Crippen LogP contribution is -2.10. The van der Waals surface area contributed by atoms with Gasteiger partial charge < -0.3 is 0 Å². The molecular formula is C35H21N3S2. The third-order valence-electron chi connectivity index (χ3n) is 7.79. The molecule has 4 aromatic heterocycles. The Labute approximate surface area is 237 Å². The Kier molecular flexibility index (Phi) is 4.65. The highest BCUT2D eigenvalue weighted by Gasteiger charge is 2.19. The molecule has 4 heterocycles. The predicted molar refractivity (Wildman–Crippen MR) is 173 cm³/mol. The number of hydrogen-bond acceptors (Lipinski definition) is 4. The van der Waals surface area contributed by atoms with Crippen LogP contribution in [0.5, 0.6) is 0 Å². The highest BCUT2D eigenvalue weighted by molar-refractivity contribution is 7.26. The third kappa shape index (κ3) is 3.25. The first-order chi connectivity index (χ1) is 19.8. The third-order valence-corrected chi connectivity index (χ3v) is 10.1. The van der Waals surface area contributed by atoms with Gasteiger partial charge in [-0.2, -0.15) is 0 Å². The Hall–Kier alpha value is -4.71. The van der Waals surface area contributed by atoms with E-state index in [1.54, 1.807) is 0 Å². The summed E-state index contributed by atoms with van der Waals surface area (Å²) in [5.74, 6) is 0.897. The van der Waals surface area contributed by atoms with Crippen molar-refractivity contribution in [3.63, 3.8) is 0 Å². The molecule has 0 aliphatic heterocycles. The molecule has 0 aliphatic rings. The summed E-state index contributed by atoms with van der Waals surface area (Å²) in [5.41, 5.74) is 4.37. The monoisotopic (exact) mass is 547 g/mol. The molecule has 0 bridgehead atoms. The average molecular weight is 548 g/mol. The van der Waals surface area contributed by atoms with Gasteiger partial charge in [-0.1, -0.05) is 60.7 Å². The number of thiophene rings is 2. The summed E-state index contributed by atoms with van der Waals surface area (Å²) in [7, 11) is 0. The van der Waals surface area contributed by atoms with Crippen molar-refractivity contribution in [2.24, 2.45) is 0 Å². The second-order valence-electron chi connectivity index (χ2n) is 10.1. The van der Waals surface area contributed by atoms with Crippen molar-refractivity contribution in [2.45, 2.75) is 0 Å². The number of hydrogen-bond donors (Lipinski definition) is 0. The van der Waals surface area contributed by atoms with Crippen LogP contribution in [0.25, 0.3) is 56.8 Å². The Morgan fingerprint density at radius 2 is 1.07 bits per heavy atom. The molecule has 5 aromatic carbocycles. The first kappa shape index (κ1) is 22.1. The highest BCUT2D eigenvalue weighted by Crippen LogP contribution is 2.43. The first-order valence-corrected chi connectivity index (χ1v) is 14.9. The summed E-state index contributed by atoms with van der Waals surface area (Å²) in [4.78, 5) is 2.31. The highest BCUT2D eigenvalue weighted by atomic mass is 32.1. The molecule has 9 aromatic rings. The van der Waals surface area contributed by atoms with Gasteiger partial charge in [0.15, 0.2) is 5.82 Å². The normalized spacial score (nSPS) is 12.0. The van der Waals surface area contributed by atoms with Crippen LogP contribution in [-0.2, 0) is 0 Å². The number of benzene rings is 5. The van der Waals surface area contributed by atoms with Gasteiger partial charge in [-0.3, -0.25) is 4.90 Å². The maximum atomic E-state index is 5.20. The Bertz CT molecular complexity index is 2280. The zero-order valence-corrected chi connectivity index (χ0v) is 22.9. The number of aromatic nitrogens is 2. The molecule has 40 heavy (non-hydrogen) atoms. The quantitative estimate of drug-likeness (QED) is 0.219. The van der Waals surface area contributed by atoms with Crippen molar-refractivity contribution in [1.82, 2.24) is 9.61 Å². The van der Waals surface area contributed by atoms with Crippen LogP contribution in [0.3, 0.4) is 0 Å². The Balaban J connectivity index is 1.32. The molecule has 0 amide bonds. The maximum absolute atomic E-state index is 5.20. The van der Waals surface area contributed by atoms with Crippen LogP contribution < -0.4 is 4.90 Å². The Morgan fingerprint density at radius 1 is 0.500 bits per heavy atom. The van der Waals surface area contributed by atoms with E-state index < -0.39 is 0 Å². The minimum absolute atomic E-state index is 0.897. The van der Waals surface area contributed by atoms with Crippen LogP contribution in [0.1, 0.15) is 0 Å². The lowest BCUT2D eigenvalue weighted by Gasteiger charge is -2.23. The van der Waals surface area contributed by atoms with Crippen molar-refractivity contribution in [3.8, 4) is 0 Å². The zero-order chi connectivity index (χ0) is 26.2. The summed E-state index contributed by atoms with van der Waals surface area (Å²) < 4.78 is 7.28. The van der Waals surface area contributed by atoms with Crippen molar-refractivity contribution in [1.29, 1.82) is 0 Å². The Morgan fingerprint density at radius 3 is 1.75 bits per heavy atom. The number of fused-ring (bicyclic) bond motifs is 9. The topological polar surface area (TPSA) is 20.5 Å². The van der Waals surface area contributed by atoms with E-state index in [1.807, 2.05) is 22.7 Å². The van der Waals surface area contributed by atoms with Gasteiger partial charge >= 0.3 is 0 Å². The van der Waals surface area contributed by atoms with Gasteiger partial charge in [-0.15, -0.1) is 27.8 Å². The first-order valence-electron chi connectivity index (χ1n) is 13.3. The molecule has 0 aliphatic carbocycles. The molecule has 0 radical (unpaired) electrons. The van der Waals surface area contributed by atoms with Crippen LogP contribution >= 0.6 is 22.7 Å². The average Bonchev–Trinajstić information content (AvgIpc) is 3.70. The minimum Gasteiger partial charge on any atom is -0.294 e. The van der Waals surface area contributed by atoms with Gasteiger partial charge in [0, 0.05) is 63.2 Å². The van der Waals surface area contributed by atoms with Crippen molar-refractivity contribution >= 4 is 96.6 Å². The summed E-state index contributed by atoms with van der Waals surface area (Å²) >= 11 is 3.69. The SMILES string of the molecule is c1ccc2c(c1)ccc1cc(N(c3ccc4sc5ccccc5c4c3)c3ccc4sc5ccccc5c4c3)nn12. The molecule has 0 fully saturated rings. The number of para-hydroxylation sites is 1. The number of pyridine rings is 1. The molecular weight excluding hydrogens is 527 g/mol. The van der Waals surface area contributed by atoms with E-state index in [2.05, 4.69) is 137 Å². The van der Waals surface area contributed by atoms with Gasteiger partial charge in [0.2, 0.25) is 0 Å². The smallest absolute Gasteiger partial charge is 0.160 e. The second-order valence-corrected chi connectivity index (χ2v) is 12.3. The van der Waals surface area contributed by atoms with Gasteiger partial charge in [-0.25, -0.2) is 4.52 Å². The second kappa shape index (κ2) is 8.39. The van der Waals surface area contributed by atoms with Crippen LogP contribution in [-0.4, -0.2) is 9.61 Å². The summed E-state index contributed by atoms with van der Waals surface area (Å²) in [6.45, 7) is 0. The largest absolute Gasteiger partial charge is 0.294 e. The van der Waals surface area contributed by atoms with E-state index in [4.69, 9.17) is 5.10 Å². The number of rotatable bonds is 3. The van der Waals surface area contributed by atoms with Gasteiger partial charge in [0.1, 0.15) is 0 Å². The van der Waals surface area contributed by atoms with E-state index in [1.165, 1.54) is 45.7 Å². The van der Waals surface area contributed by atoms with Crippen molar-refractivity contribution < 1.29 is 0 Å². The molecule has 0 atom stereocenters. The van der Waals surface area contributed by atoms with E-state index >= 15 is 0 Å². The maximum Gasteiger partial charge on any atom is 0.160 e. The van der Waals surface area contributed by atoms with E-state index in [9.17, 15) is 0 Å². The minimum atomic E-state index is 0.897. The standard InChI is InChI=1S/C35H21N3S2/c1-4-10-30-22(7-1)13-14-25-21-35(36-38(25)30)37(23-15-17-33-28(19-23)26-8-2-5-11-31(26)39-33)24-16-18-34-29(20-24)27-9-3-6-12-32(27)40-34/h1-21H. The zero-order valence-electron chi connectivity index (χ0n) is 21.3. The van der Waals surface area contributed by atoms with E-state index in [0.717, 1.165) is 28.2 Å². The molecule has 0 spiro atoms. The predicted octanol–water partition coefficient (Wildman–Crippen LogP) is 10.7. The molecule has 3 nitrogen and oxygen atoms in total. The van der Waals surface area contributed by atoms with Gasteiger partial charge in [-0.05, 0) is 60.7 Å². The molecule has 5 heteroatoms. The summed E-state index contributed by atoms with van der Waals surface area (Å²) in [6, 6.07) is 45.9. The molecule has 0 saturated carbocycles. The fourth-order valence-corrected chi connectivity index (χ4v) is 8.09. The lowest BCUT2D eigenvalue weighted by molar-refractivity contribution is 0.989. The summed E-state index contributed by atoms with van der Waals surface area (Å²) in [5, 5.41) is 11.5. The van der Waals surface area contributed by atoms with Crippen LogP contribution in [0.15, 0.2) is 127 Å². The molecule has 188 valence electrons. The fraction of sp³-hybridized carbons (Fsp3) is 0. The van der Waals surface area contributed by atoms with Crippen LogP contribution in [0, 0.1) is 0 Å². The fourth-order valence-electron chi connectivity index (χ4n) is 5.92. The molecule has 9 rings (SSSR count). The van der Waals surface area contributed by atoms with Crippen molar-refractivity contribution in [3.05, 3.63) is 127 Å². The van der Waals surface area contributed by atoms with Crippen molar-refractivity contribution in [2.75, 3.05) is 4.90 Å². The van der Waals surface area contributed by atoms with Crippen LogP contribution in [0.4, 0.5) is 17.2 Å². The van der Waals surface area contributed by atoms with Crippen LogP contribution in [0.2, 0.25) is 0 Å². The molecule has 0 saturated heterocycles. The van der Waals surface area contributed by atoms with E-state index in [-0.39, 0.29) is 0 Å². The van der Waals surface area contributed by atoms with E-state index in [0.29, 0.717) is 0 Å². The summed E-state index contributed by atoms with van der Waals surface area (Å²) in [6.07, 6.45) is 0. The van der Waals surface area contributed by atoms with Gasteiger partial charge in [0.05, 0.1) is 11.0 Å². The molecule has 0 unspecified atom stereocenters. The number of nitrogens with zero attached hydrogens (tertiary/aromatic N) is 3. The molecule has 0 N–H and O–H groups in total. The van der Waals surface area contributed by atoms with Gasteiger partial charge in [0.25, 0.3) is 0 Å².